The van der Waals surface area contributed by atoms with Crippen molar-refractivity contribution >= 4 is 27.6 Å². The Labute approximate surface area is 139 Å². The summed E-state index contributed by atoms with van der Waals surface area (Å²) in [5.41, 5.74) is 0. The smallest absolute Gasteiger partial charge is 0.194 e. The van der Waals surface area contributed by atoms with Gasteiger partial charge in [0, 0.05) is 36.7 Å². The van der Waals surface area contributed by atoms with E-state index in [-0.39, 0.29) is 10.7 Å². The van der Waals surface area contributed by atoms with Gasteiger partial charge in [0.1, 0.15) is 0 Å². The van der Waals surface area contributed by atoms with E-state index in [9.17, 15) is 8.42 Å². The molecule has 1 atom stereocenters. The van der Waals surface area contributed by atoms with Gasteiger partial charge in [0.25, 0.3) is 0 Å². The molecule has 2 fully saturated rings. The fourth-order valence-corrected chi connectivity index (χ4v) is 5.89. The molecule has 128 valence electrons. The Morgan fingerprint density at radius 3 is 2.82 bits per heavy atom. The van der Waals surface area contributed by atoms with Crippen LogP contribution in [0.5, 0.6) is 0 Å². The van der Waals surface area contributed by atoms with Gasteiger partial charge in [-0.15, -0.1) is 0 Å². The van der Waals surface area contributed by atoms with Crippen LogP contribution < -0.4 is 5.32 Å². The molecule has 0 amide bonds. The molecule has 0 radical (unpaired) electrons. The third-order valence-corrected chi connectivity index (χ3v) is 7.22. The summed E-state index contributed by atoms with van der Waals surface area (Å²) < 4.78 is 23.4. The van der Waals surface area contributed by atoms with E-state index in [2.05, 4.69) is 31.0 Å². The second-order valence-electron chi connectivity index (χ2n) is 6.89. The maximum Gasteiger partial charge on any atom is 0.194 e. The Kier molecular flexibility index (Phi) is 6.05. The molecule has 2 saturated heterocycles. The molecule has 2 aliphatic rings. The minimum absolute atomic E-state index is 0.190. The fourth-order valence-electron chi connectivity index (χ4n) is 2.93. The van der Waals surface area contributed by atoms with Crippen LogP contribution in [0.2, 0.25) is 0 Å². The molecule has 0 aliphatic carbocycles. The first kappa shape index (κ1) is 17.9. The van der Waals surface area contributed by atoms with Crippen LogP contribution in [0.4, 0.5) is 0 Å². The first-order valence-corrected chi connectivity index (χ1v) is 11.0. The van der Waals surface area contributed by atoms with Crippen LogP contribution in [0.25, 0.3) is 0 Å². The van der Waals surface area contributed by atoms with Crippen LogP contribution in [0, 0.1) is 5.92 Å². The molecule has 2 rings (SSSR count). The average Bonchev–Trinajstić information content (AvgIpc) is 2.77. The monoisotopic (exact) mass is 347 g/mol. The lowest BCUT2D eigenvalue weighted by atomic mass is 10.1. The molecule has 7 heteroatoms. The van der Waals surface area contributed by atoms with Crippen LogP contribution in [0.3, 0.4) is 0 Å². The molecular formula is C15H29N3O2S2. The van der Waals surface area contributed by atoms with Crippen LogP contribution >= 0.6 is 11.8 Å². The van der Waals surface area contributed by atoms with Crippen molar-refractivity contribution in [2.75, 3.05) is 43.4 Å². The van der Waals surface area contributed by atoms with Gasteiger partial charge in [0.15, 0.2) is 15.8 Å². The van der Waals surface area contributed by atoms with Gasteiger partial charge in [-0.2, -0.15) is 11.8 Å². The van der Waals surface area contributed by atoms with Crippen molar-refractivity contribution in [2.45, 2.75) is 38.4 Å². The molecule has 5 nitrogen and oxygen atoms in total. The number of thioether (sulfide) groups is 1. The summed E-state index contributed by atoms with van der Waals surface area (Å²) in [5, 5.41) is 3.44. The predicted molar refractivity (Wildman–Crippen MR) is 95.5 cm³/mol. The van der Waals surface area contributed by atoms with Crippen molar-refractivity contribution in [3.05, 3.63) is 0 Å². The number of rotatable bonds is 4. The molecule has 0 aromatic carbocycles. The van der Waals surface area contributed by atoms with Crippen molar-refractivity contribution in [3.8, 4) is 0 Å². The van der Waals surface area contributed by atoms with Gasteiger partial charge in [0.2, 0.25) is 0 Å². The third-order valence-electron chi connectivity index (χ3n) is 4.08. The summed E-state index contributed by atoms with van der Waals surface area (Å²) >= 11 is 2.00. The summed E-state index contributed by atoms with van der Waals surface area (Å²) in [4.78, 5) is 7.08. The lowest BCUT2D eigenvalue weighted by Gasteiger charge is -2.39. The highest BCUT2D eigenvalue weighted by Crippen LogP contribution is 2.29. The maximum absolute atomic E-state index is 11.6. The van der Waals surface area contributed by atoms with Gasteiger partial charge < -0.3 is 10.2 Å². The Morgan fingerprint density at radius 1 is 1.45 bits per heavy atom. The molecule has 0 aromatic rings. The molecule has 0 spiro atoms. The van der Waals surface area contributed by atoms with Crippen molar-refractivity contribution < 1.29 is 8.42 Å². The zero-order valence-electron chi connectivity index (χ0n) is 14.0. The topological polar surface area (TPSA) is 61.8 Å². The van der Waals surface area contributed by atoms with E-state index in [1.807, 2.05) is 11.8 Å². The van der Waals surface area contributed by atoms with Crippen LogP contribution in [0.1, 0.15) is 33.6 Å². The second-order valence-corrected chi connectivity index (χ2v) is 10.9. The zero-order chi connectivity index (χ0) is 16.2. The van der Waals surface area contributed by atoms with Crippen molar-refractivity contribution in [1.29, 1.82) is 0 Å². The largest absolute Gasteiger partial charge is 0.356 e. The number of nitrogens with zero attached hydrogens (tertiary/aromatic N) is 2. The standard InChI is InChI=1S/C15H29N3O2S2/c1-4-6-16-14(18-7-8-21-15(2,3)12-18)17-10-13-5-9-22(19,20)11-13/h13H,4-12H2,1-3H3,(H,16,17). The second kappa shape index (κ2) is 7.43. The first-order chi connectivity index (χ1) is 10.3. The van der Waals surface area contributed by atoms with E-state index in [4.69, 9.17) is 4.99 Å². The highest BCUT2D eigenvalue weighted by Gasteiger charge is 2.30. The normalized spacial score (nSPS) is 27.9. The number of hydrogen-bond donors (Lipinski definition) is 1. The van der Waals surface area contributed by atoms with Crippen molar-refractivity contribution in [2.24, 2.45) is 10.9 Å². The van der Waals surface area contributed by atoms with Crippen molar-refractivity contribution in [3.63, 3.8) is 0 Å². The lowest BCUT2D eigenvalue weighted by molar-refractivity contribution is 0.374. The summed E-state index contributed by atoms with van der Waals surface area (Å²) in [7, 11) is -2.81. The summed E-state index contributed by atoms with van der Waals surface area (Å²) in [5.74, 6) is 2.89. The van der Waals surface area contributed by atoms with E-state index in [1.165, 1.54) is 0 Å². The first-order valence-electron chi connectivity index (χ1n) is 8.19. The van der Waals surface area contributed by atoms with Gasteiger partial charge >= 0.3 is 0 Å². The van der Waals surface area contributed by atoms with Gasteiger partial charge in [-0.1, -0.05) is 6.92 Å². The molecule has 1 unspecified atom stereocenters. The summed E-state index contributed by atoms with van der Waals surface area (Å²) in [6.45, 7) is 10.2. The van der Waals surface area contributed by atoms with E-state index in [0.717, 1.165) is 44.2 Å². The molecule has 2 heterocycles. The van der Waals surface area contributed by atoms with Gasteiger partial charge in [-0.3, -0.25) is 4.99 Å². The van der Waals surface area contributed by atoms with E-state index >= 15 is 0 Å². The Hall–Kier alpha value is -0.430. The van der Waals surface area contributed by atoms with Gasteiger partial charge in [-0.25, -0.2) is 8.42 Å². The Bertz CT molecular complexity index is 503. The number of nitrogens with one attached hydrogen (secondary N) is 1. The average molecular weight is 348 g/mol. The molecule has 0 saturated carbocycles. The van der Waals surface area contributed by atoms with Crippen LogP contribution in [0.15, 0.2) is 4.99 Å². The minimum atomic E-state index is -2.81. The SMILES string of the molecule is CCCNC(=NCC1CCS(=O)(=O)C1)N1CCSC(C)(C)C1. The number of hydrogen-bond acceptors (Lipinski definition) is 4. The number of aliphatic imine (C=N–C) groups is 1. The summed E-state index contributed by atoms with van der Waals surface area (Å²) in [6.07, 6.45) is 1.82. The molecule has 22 heavy (non-hydrogen) atoms. The third kappa shape index (κ3) is 5.33. The van der Waals surface area contributed by atoms with Crippen molar-refractivity contribution in [1.82, 2.24) is 10.2 Å². The van der Waals surface area contributed by atoms with Crippen LogP contribution in [-0.2, 0) is 9.84 Å². The highest BCUT2D eigenvalue weighted by atomic mass is 32.2. The van der Waals surface area contributed by atoms with Gasteiger partial charge in [-0.05, 0) is 32.6 Å². The minimum Gasteiger partial charge on any atom is -0.356 e. The molecule has 2 aliphatic heterocycles. The molecule has 0 bridgehead atoms. The molecule has 1 N–H and O–H groups in total. The zero-order valence-corrected chi connectivity index (χ0v) is 15.6. The van der Waals surface area contributed by atoms with Crippen LogP contribution in [-0.4, -0.2) is 67.5 Å². The molecular weight excluding hydrogens is 318 g/mol. The van der Waals surface area contributed by atoms with E-state index in [0.29, 0.717) is 18.1 Å². The Balaban J connectivity index is 2.00. The lowest BCUT2D eigenvalue weighted by Crippen LogP contribution is -2.51. The predicted octanol–water partition coefficient (Wildman–Crippen LogP) is 1.60. The Morgan fingerprint density at radius 2 is 2.23 bits per heavy atom. The molecule has 0 aromatic heterocycles. The highest BCUT2D eigenvalue weighted by molar-refractivity contribution is 8.00. The van der Waals surface area contributed by atoms with E-state index < -0.39 is 9.84 Å². The van der Waals surface area contributed by atoms with Gasteiger partial charge in [0.05, 0.1) is 11.5 Å². The number of guanidine groups is 1. The summed E-state index contributed by atoms with van der Waals surface area (Å²) in [6, 6.07) is 0. The fraction of sp³-hybridized carbons (Fsp3) is 0.933. The maximum atomic E-state index is 11.6. The van der Waals surface area contributed by atoms with E-state index in [1.54, 1.807) is 0 Å². The number of sulfone groups is 1. The quantitative estimate of drug-likeness (QED) is 0.618.